The van der Waals surface area contributed by atoms with E-state index >= 15 is 0 Å². The first kappa shape index (κ1) is 13.7. The van der Waals surface area contributed by atoms with Crippen LogP contribution in [0.15, 0.2) is 18.7 Å². The third-order valence-corrected chi connectivity index (χ3v) is 3.50. The molecule has 0 spiro atoms. The van der Waals surface area contributed by atoms with Crippen LogP contribution in [0.4, 0.5) is 5.95 Å². The van der Waals surface area contributed by atoms with Gasteiger partial charge in [-0.2, -0.15) is 15.0 Å². The molecule has 1 saturated heterocycles. The predicted octanol–water partition coefficient (Wildman–Crippen LogP) is 0.572. The Labute approximate surface area is 123 Å². The summed E-state index contributed by atoms with van der Waals surface area (Å²) in [7, 11) is 3.89. The van der Waals surface area contributed by atoms with Gasteiger partial charge in [-0.1, -0.05) is 0 Å². The van der Waals surface area contributed by atoms with Crippen molar-refractivity contribution in [2.24, 2.45) is 0 Å². The van der Waals surface area contributed by atoms with E-state index in [1.807, 2.05) is 0 Å². The van der Waals surface area contributed by atoms with Crippen LogP contribution in [0, 0.1) is 0 Å². The van der Waals surface area contributed by atoms with E-state index in [-0.39, 0.29) is 6.10 Å². The van der Waals surface area contributed by atoms with E-state index < -0.39 is 0 Å². The van der Waals surface area contributed by atoms with Gasteiger partial charge in [-0.15, -0.1) is 0 Å². The van der Waals surface area contributed by atoms with Crippen molar-refractivity contribution in [2.45, 2.75) is 18.9 Å². The van der Waals surface area contributed by atoms with Crippen LogP contribution in [0.1, 0.15) is 12.8 Å². The van der Waals surface area contributed by atoms with E-state index in [1.165, 1.54) is 0 Å². The highest BCUT2D eigenvalue weighted by Crippen LogP contribution is 2.17. The molecule has 0 unspecified atom stereocenters. The fourth-order valence-electron chi connectivity index (χ4n) is 2.26. The van der Waals surface area contributed by atoms with Gasteiger partial charge in [-0.25, -0.2) is 4.98 Å². The molecule has 3 rings (SSSR count). The smallest absolute Gasteiger partial charge is 0.323 e. The Kier molecular flexibility index (Phi) is 3.96. The van der Waals surface area contributed by atoms with E-state index in [0.29, 0.717) is 17.9 Å². The molecule has 21 heavy (non-hydrogen) atoms. The zero-order valence-corrected chi connectivity index (χ0v) is 12.2. The molecule has 8 heteroatoms. The van der Waals surface area contributed by atoms with Crippen LogP contribution in [-0.2, 0) is 0 Å². The number of aromatic nitrogens is 5. The van der Waals surface area contributed by atoms with E-state index in [9.17, 15) is 0 Å². The molecule has 3 heterocycles. The highest BCUT2D eigenvalue weighted by molar-refractivity contribution is 5.29. The number of likely N-dealkylation sites (tertiary alicyclic amines) is 1. The molecule has 0 aliphatic carbocycles. The Morgan fingerprint density at radius 2 is 2.05 bits per heavy atom. The third-order valence-electron chi connectivity index (χ3n) is 3.50. The van der Waals surface area contributed by atoms with Gasteiger partial charge in [0.05, 0.1) is 0 Å². The van der Waals surface area contributed by atoms with Crippen molar-refractivity contribution in [1.29, 1.82) is 0 Å². The molecule has 1 fully saturated rings. The van der Waals surface area contributed by atoms with E-state index in [4.69, 9.17) is 4.74 Å². The Balaban J connectivity index is 1.79. The fraction of sp³-hybridized carbons (Fsp3) is 0.538. The van der Waals surface area contributed by atoms with Crippen LogP contribution in [0.25, 0.3) is 5.95 Å². The van der Waals surface area contributed by atoms with Gasteiger partial charge < -0.3 is 15.0 Å². The molecule has 8 nitrogen and oxygen atoms in total. The lowest BCUT2D eigenvalue weighted by molar-refractivity contribution is 0.105. The average Bonchev–Trinajstić information content (AvgIpc) is 3.04. The summed E-state index contributed by atoms with van der Waals surface area (Å²) in [6, 6.07) is 0.354. The summed E-state index contributed by atoms with van der Waals surface area (Å²) in [6.45, 7) is 2.06. The number of nitrogens with one attached hydrogen (secondary N) is 1. The fourth-order valence-corrected chi connectivity index (χ4v) is 2.26. The molecule has 2 aromatic heterocycles. The second-order valence-electron chi connectivity index (χ2n) is 5.08. The number of hydrogen-bond donors (Lipinski definition) is 1. The number of ether oxygens (including phenoxy) is 1. The zero-order chi connectivity index (χ0) is 14.7. The largest absolute Gasteiger partial charge is 0.460 e. The van der Waals surface area contributed by atoms with Crippen molar-refractivity contribution in [2.75, 3.05) is 32.5 Å². The van der Waals surface area contributed by atoms with Crippen LogP contribution in [0.5, 0.6) is 6.01 Å². The zero-order valence-electron chi connectivity index (χ0n) is 12.2. The van der Waals surface area contributed by atoms with Gasteiger partial charge in [-0.3, -0.25) is 4.57 Å². The lowest BCUT2D eigenvalue weighted by atomic mass is 10.1. The van der Waals surface area contributed by atoms with Crippen LogP contribution >= 0.6 is 0 Å². The maximum absolute atomic E-state index is 5.92. The molecular weight excluding hydrogens is 270 g/mol. The summed E-state index contributed by atoms with van der Waals surface area (Å²) in [5.41, 5.74) is 0. The quantitative estimate of drug-likeness (QED) is 0.881. The lowest BCUT2D eigenvalue weighted by Crippen LogP contribution is -2.36. The second kappa shape index (κ2) is 6.04. The van der Waals surface area contributed by atoms with Gasteiger partial charge in [0, 0.05) is 32.5 Å². The van der Waals surface area contributed by atoms with Crippen LogP contribution in [0.2, 0.25) is 0 Å². The number of imidazole rings is 1. The number of rotatable bonds is 4. The van der Waals surface area contributed by atoms with E-state index in [2.05, 4.69) is 37.2 Å². The maximum Gasteiger partial charge on any atom is 0.323 e. The summed E-state index contributed by atoms with van der Waals surface area (Å²) < 4.78 is 7.65. The van der Waals surface area contributed by atoms with E-state index in [0.717, 1.165) is 25.9 Å². The van der Waals surface area contributed by atoms with Gasteiger partial charge in [-0.05, 0) is 19.9 Å². The number of nitrogens with zero attached hydrogens (tertiary/aromatic N) is 6. The minimum absolute atomic E-state index is 0.156. The summed E-state index contributed by atoms with van der Waals surface area (Å²) in [6.07, 6.45) is 7.24. The molecule has 0 radical (unpaired) electrons. The lowest BCUT2D eigenvalue weighted by Gasteiger charge is -2.28. The van der Waals surface area contributed by atoms with Gasteiger partial charge in [0.2, 0.25) is 11.9 Å². The topological polar surface area (TPSA) is 81.0 Å². The standard InChI is InChI=1S/C13H19N7O/c1-14-11-16-12(20-8-5-15-9-20)18-13(17-11)21-10-3-6-19(2)7-4-10/h5,8-10H,3-4,6-7H2,1-2H3,(H,14,16,17,18). The Morgan fingerprint density at radius 1 is 1.24 bits per heavy atom. The molecule has 0 amide bonds. The number of hydrogen-bond acceptors (Lipinski definition) is 7. The van der Waals surface area contributed by atoms with Gasteiger partial charge in [0.1, 0.15) is 12.4 Å². The molecule has 1 aliphatic heterocycles. The van der Waals surface area contributed by atoms with Crippen molar-refractivity contribution >= 4 is 5.95 Å². The summed E-state index contributed by atoms with van der Waals surface area (Å²) in [5.74, 6) is 0.978. The van der Waals surface area contributed by atoms with Gasteiger partial charge in [0.15, 0.2) is 0 Å². The van der Waals surface area contributed by atoms with Gasteiger partial charge >= 0.3 is 6.01 Å². The number of piperidine rings is 1. The molecule has 1 aliphatic rings. The monoisotopic (exact) mass is 289 g/mol. The predicted molar refractivity (Wildman–Crippen MR) is 77.6 cm³/mol. The Hall–Kier alpha value is -2.22. The van der Waals surface area contributed by atoms with Crippen molar-refractivity contribution in [3.05, 3.63) is 18.7 Å². The van der Waals surface area contributed by atoms with Crippen LogP contribution in [-0.4, -0.2) is 62.7 Å². The molecule has 0 bridgehead atoms. The second-order valence-corrected chi connectivity index (χ2v) is 5.08. The third kappa shape index (κ3) is 3.27. The summed E-state index contributed by atoms with van der Waals surface area (Å²) >= 11 is 0. The van der Waals surface area contributed by atoms with Crippen molar-refractivity contribution in [3.8, 4) is 12.0 Å². The SMILES string of the molecule is CNc1nc(OC2CCN(C)CC2)nc(-n2ccnc2)n1. The van der Waals surface area contributed by atoms with Gasteiger partial charge in [0.25, 0.3) is 0 Å². The van der Waals surface area contributed by atoms with Crippen LogP contribution < -0.4 is 10.1 Å². The van der Waals surface area contributed by atoms with E-state index in [1.54, 1.807) is 30.3 Å². The molecule has 112 valence electrons. The molecule has 0 aromatic carbocycles. The summed E-state index contributed by atoms with van der Waals surface area (Å²) in [5, 5.41) is 2.93. The molecular formula is C13H19N7O. The summed E-state index contributed by atoms with van der Waals surface area (Å²) in [4.78, 5) is 19.2. The minimum atomic E-state index is 0.156. The van der Waals surface area contributed by atoms with Crippen molar-refractivity contribution in [3.63, 3.8) is 0 Å². The maximum atomic E-state index is 5.92. The Bertz CT molecular complexity index is 578. The normalized spacial score (nSPS) is 16.9. The minimum Gasteiger partial charge on any atom is -0.460 e. The van der Waals surface area contributed by atoms with Crippen LogP contribution in [0.3, 0.4) is 0 Å². The highest BCUT2D eigenvalue weighted by atomic mass is 16.5. The van der Waals surface area contributed by atoms with Crippen molar-refractivity contribution < 1.29 is 4.74 Å². The molecule has 0 atom stereocenters. The average molecular weight is 289 g/mol. The highest BCUT2D eigenvalue weighted by Gasteiger charge is 2.20. The molecule has 2 aromatic rings. The molecule has 1 N–H and O–H groups in total. The first-order chi connectivity index (χ1) is 10.2. The first-order valence-corrected chi connectivity index (χ1v) is 7.02. The number of anilines is 1. The Morgan fingerprint density at radius 3 is 2.71 bits per heavy atom. The van der Waals surface area contributed by atoms with Crippen molar-refractivity contribution in [1.82, 2.24) is 29.4 Å². The molecule has 0 saturated carbocycles. The first-order valence-electron chi connectivity index (χ1n) is 7.02.